The van der Waals surface area contributed by atoms with Crippen LogP contribution in [-0.4, -0.2) is 33.9 Å². The van der Waals surface area contributed by atoms with Gasteiger partial charge in [0.1, 0.15) is 6.04 Å². The molecule has 0 aliphatic carbocycles. The Morgan fingerprint density at radius 3 is 2.62 bits per heavy atom. The number of carbonyl (C=O) groups is 3. The summed E-state index contributed by atoms with van der Waals surface area (Å²) < 4.78 is 0. The molecule has 1 rings (SSSR count). The van der Waals surface area contributed by atoms with Gasteiger partial charge in [-0.1, -0.05) is 0 Å². The Kier molecular flexibility index (Phi) is 3.56. The summed E-state index contributed by atoms with van der Waals surface area (Å²) in [6.45, 7) is 1.42. The van der Waals surface area contributed by atoms with Crippen molar-refractivity contribution in [3.63, 3.8) is 0 Å². The van der Waals surface area contributed by atoms with Crippen LogP contribution in [-0.2, 0) is 4.79 Å². The Bertz CT molecular complexity index is 442. The van der Waals surface area contributed by atoms with Crippen molar-refractivity contribution in [1.29, 1.82) is 0 Å². The van der Waals surface area contributed by atoms with Crippen molar-refractivity contribution in [3.05, 3.63) is 16.1 Å². The maximum Gasteiger partial charge on any atom is 0.355 e. The number of aromatic nitrogens is 1. The fraction of sp³-hybridized carbons (Fsp3) is 0.250. The van der Waals surface area contributed by atoms with Crippen molar-refractivity contribution in [2.24, 2.45) is 5.73 Å². The molecule has 0 radical (unpaired) electrons. The maximum atomic E-state index is 11.4. The van der Waals surface area contributed by atoms with Crippen LogP contribution in [0.15, 0.2) is 5.38 Å². The third kappa shape index (κ3) is 2.76. The van der Waals surface area contributed by atoms with Crippen LogP contribution in [0, 0.1) is 0 Å². The van der Waals surface area contributed by atoms with Crippen LogP contribution in [0.3, 0.4) is 0 Å². The molecule has 86 valence electrons. The minimum atomic E-state index is -1.21. The lowest BCUT2D eigenvalue weighted by Gasteiger charge is -2.07. The van der Waals surface area contributed by atoms with Gasteiger partial charge >= 0.3 is 5.97 Å². The van der Waals surface area contributed by atoms with Gasteiger partial charge in [-0.05, 0) is 6.92 Å². The summed E-state index contributed by atoms with van der Waals surface area (Å²) in [6, 6.07) is -0.829. The van der Waals surface area contributed by atoms with E-state index in [0.717, 1.165) is 11.3 Å². The molecular formula is C8H9N3O4S. The summed E-state index contributed by atoms with van der Waals surface area (Å²) in [7, 11) is 0. The van der Waals surface area contributed by atoms with Gasteiger partial charge in [0.25, 0.3) is 5.91 Å². The number of primary amides is 1. The van der Waals surface area contributed by atoms with Gasteiger partial charge in [0.2, 0.25) is 5.91 Å². The number of hydrogen-bond donors (Lipinski definition) is 3. The fourth-order valence-electron chi connectivity index (χ4n) is 0.806. The zero-order valence-electron chi connectivity index (χ0n) is 8.26. The largest absolute Gasteiger partial charge is 0.476 e. The van der Waals surface area contributed by atoms with Crippen molar-refractivity contribution >= 4 is 29.1 Å². The van der Waals surface area contributed by atoms with Gasteiger partial charge in [-0.25, -0.2) is 9.78 Å². The topological polar surface area (TPSA) is 122 Å². The van der Waals surface area contributed by atoms with Crippen molar-refractivity contribution < 1.29 is 19.5 Å². The molecule has 0 saturated carbocycles. The van der Waals surface area contributed by atoms with Crippen molar-refractivity contribution in [1.82, 2.24) is 10.3 Å². The average molecular weight is 243 g/mol. The quantitative estimate of drug-likeness (QED) is 0.654. The molecule has 0 aromatic carbocycles. The van der Waals surface area contributed by atoms with E-state index in [1.165, 1.54) is 12.3 Å². The van der Waals surface area contributed by atoms with Gasteiger partial charge in [0.15, 0.2) is 10.7 Å². The molecule has 1 unspecified atom stereocenters. The predicted octanol–water partition coefficient (Wildman–Crippen LogP) is -0.555. The molecule has 4 N–H and O–H groups in total. The number of nitrogens with two attached hydrogens (primary N) is 1. The second-order valence-corrected chi connectivity index (χ2v) is 3.80. The highest BCUT2D eigenvalue weighted by Gasteiger charge is 2.18. The van der Waals surface area contributed by atoms with Crippen LogP contribution in [0.4, 0.5) is 0 Å². The smallest absolute Gasteiger partial charge is 0.355 e. The Balaban J connectivity index is 2.73. The molecule has 0 spiro atoms. The van der Waals surface area contributed by atoms with Gasteiger partial charge in [-0.3, -0.25) is 9.59 Å². The number of rotatable bonds is 4. The number of carboxylic acids is 1. The van der Waals surface area contributed by atoms with Gasteiger partial charge in [0.05, 0.1) is 0 Å². The molecule has 1 atom stereocenters. The van der Waals surface area contributed by atoms with Gasteiger partial charge in [-0.15, -0.1) is 11.3 Å². The minimum absolute atomic E-state index is 0.0227. The van der Waals surface area contributed by atoms with Crippen LogP contribution < -0.4 is 11.1 Å². The molecular weight excluding hydrogens is 234 g/mol. The number of thiazole rings is 1. The first kappa shape index (κ1) is 12.1. The van der Waals surface area contributed by atoms with Gasteiger partial charge < -0.3 is 16.2 Å². The molecule has 0 saturated heterocycles. The van der Waals surface area contributed by atoms with E-state index in [2.05, 4.69) is 10.3 Å². The molecule has 1 heterocycles. The summed E-state index contributed by atoms with van der Waals surface area (Å²) in [5, 5.41) is 12.1. The predicted molar refractivity (Wildman–Crippen MR) is 55.2 cm³/mol. The lowest BCUT2D eigenvalue weighted by molar-refractivity contribution is -0.119. The summed E-state index contributed by atoms with van der Waals surface area (Å²) in [5.41, 5.74) is 4.74. The number of nitrogens with one attached hydrogen (secondary N) is 1. The number of aromatic carboxylic acids is 1. The Morgan fingerprint density at radius 1 is 1.56 bits per heavy atom. The normalized spacial score (nSPS) is 11.8. The third-order valence-corrected chi connectivity index (χ3v) is 2.53. The van der Waals surface area contributed by atoms with E-state index in [0.29, 0.717) is 0 Å². The van der Waals surface area contributed by atoms with Gasteiger partial charge in [0, 0.05) is 5.38 Å². The van der Waals surface area contributed by atoms with Crippen molar-refractivity contribution in [3.8, 4) is 0 Å². The Morgan fingerprint density at radius 2 is 2.19 bits per heavy atom. The molecule has 16 heavy (non-hydrogen) atoms. The lowest BCUT2D eigenvalue weighted by Crippen LogP contribution is -2.42. The van der Waals surface area contributed by atoms with E-state index in [4.69, 9.17) is 10.8 Å². The molecule has 1 aromatic heterocycles. The molecule has 0 aliphatic rings. The van der Waals surface area contributed by atoms with E-state index in [1.807, 2.05) is 0 Å². The standard InChI is InChI=1S/C8H9N3O4S/c1-3(5(9)12)10-6(13)7-11-4(2-16-7)8(14)15/h2-3H,1H3,(H2,9,12)(H,10,13)(H,14,15). The fourth-order valence-corrected chi connectivity index (χ4v) is 1.50. The highest BCUT2D eigenvalue weighted by Crippen LogP contribution is 2.09. The molecule has 7 nitrogen and oxygen atoms in total. The highest BCUT2D eigenvalue weighted by molar-refractivity contribution is 7.11. The molecule has 0 aliphatic heterocycles. The molecule has 0 fully saturated rings. The van der Waals surface area contributed by atoms with Crippen LogP contribution in [0.25, 0.3) is 0 Å². The van der Waals surface area contributed by atoms with Crippen LogP contribution in [0.1, 0.15) is 27.2 Å². The summed E-state index contributed by atoms with van der Waals surface area (Å²) >= 11 is 0.884. The van der Waals surface area contributed by atoms with Crippen LogP contribution >= 0.6 is 11.3 Å². The zero-order valence-corrected chi connectivity index (χ0v) is 9.08. The van der Waals surface area contributed by atoms with E-state index < -0.39 is 23.8 Å². The van der Waals surface area contributed by atoms with E-state index >= 15 is 0 Å². The first-order valence-electron chi connectivity index (χ1n) is 4.21. The van der Waals surface area contributed by atoms with Crippen LogP contribution in [0.5, 0.6) is 0 Å². The summed E-state index contributed by atoms with van der Waals surface area (Å²) in [5.74, 6) is -2.51. The van der Waals surface area contributed by atoms with E-state index in [9.17, 15) is 14.4 Å². The SMILES string of the molecule is CC(NC(=O)c1nc(C(=O)O)cs1)C(N)=O. The third-order valence-electron chi connectivity index (χ3n) is 1.69. The molecule has 2 amide bonds. The first-order valence-corrected chi connectivity index (χ1v) is 5.08. The number of nitrogens with zero attached hydrogens (tertiary/aromatic N) is 1. The average Bonchev–Trinajstić information content (AvgIpc) is 2.65. The second kappa shape index (κ2) is 4.71. The minimum Gasteiger partial charge on any atom is -0.476 e. The Labute approximate surface area is 94.3 Å². The lowest BCUT2D eigenvalue weighted by atomic mass is 10.3. The zero-order chi connectivity index (χ0) is 12.3. The summed E-state index contributed by atoms with van der Waals surface area (Å²) in [4.78, 5) is 36.2. The second-order valence-electron chi connectivity index (χ2n) is 2.94. The van der Waals surface area contributed by atoms with Gasteiger partial charge in [-0.2, -0.15) is 0 Å². The van der Waals surface area contributed by atoms with Crippen molar-refractivity contribution in [2.45, 2.75) is 13.0 Å². The van der Waals surface area contributed by atoms with E-state index in [1.54, 1.807) is 0 Å². The number of carboxylic acid groups (broad SMARTS) is 1. The molecule has 1 aromatic rings. The first-order chi connectivity index (χ1) is 7.41. The number of hydrogen-bond acceptors (Lipinski definition) is 5. The molecule has 0 bridgehead atoms. The number of amides is 2. The summed E-state index contributed by atoms with van der Waals surface area (Å²) in [6.07, 6.45) is 0. The van der Waals surface area contributed by atoms with Crippen molar-refractivity contribution in [2.75, 3.05) is 0 Å². The maximum absolute atomic E-state index is 11.4. The monoisotopic (exact) mass is 243 g/mol. The highest BCUT2D eigenvalue weighted by atomic mass is 32.1. The Hall–Kier alpha value is -1.96. The number of carbonyl (C=O) groups excluding carboxylic acids is 2. The van der Waals surface area contributed by atoms with E-state index in [-0.39, 0.29) is 10.7 Å². The van der Waals surface area contributed by atoms with Crippen LogP contribution in [0.2, 0.25) is 0 Å². The molecule has 8 heteroatoms.